The van der Waals surface area contributed by atoms with Crippen molar-refractivity contribution in [2.24, 2.45) is 0 Å². The van der Waals surface area contributed by atoms with E-state index in [0.717, 1.165) is 24.3 Å². The Labute approximate surface area is 212 Å². The van der Waals surface area contributed by atoms with Crippen LogP contribution in [0.15, 0.2) is 36.4 Å². The summed E-state index contributed by atoms with van der Waals surface area (Å²) in [6, 6.07) is 3.06. The molecule has 0 saturated carbocycles. The van der Waals surface area contributed by atoms with Gasteiger partial charge in [0, 0.05) is 12.0 Å². The maximum absolute atomic E-state index is 15.3. The number of aromatic carboxylic acids is 1. The Morgan fingerprint density at radius 3 is 2.26 bits per heavy atom. The van der Waals surface area contributed by atoms with E-state index >= 15 is 8.78 Å². The quantitative estimate of drug-likeness (QED) is 0.489. The molecule has 38 heavy (non-hydrogen) atoms. The molecular weight excluding hydrogens is 526 g/mol. The second kappa shape index (κ2) is 10.1. The molecule has 2 aromatic carbocycles. The number of hydrogen-bond donors (Lipinski definition) is 2. The number of anilines is 1. The molecule has 8 nitrogen and oxygen atoms in total. The van der Waals surface area contributed by atoms with Crippen molar-refractivity contribution in [2.75, 3.05) is 4.90 Å². The molecule has 1 atom stereocenters. The normalized spacial score (nSPS) is 17.3. The molecule has 1 heterocycles. The monoisotopic (exact) mass is 548 g/mol. The number of carboxylic acids is 1. The summed E-state index contributed by atoms with van der Waals surface area (Å²) in [4.78, 5) is 37.9. The second-order valence-electron chi connectivity index (χ2n) is 9.38. The van der Waals surface area contributed by atoms with E-state index in [1.807, 2.05) is 0 Å². The minimum Gasteiger partial charge on any atom is -0.478 e. The summed E-state index contributed by atoms with van der Waals surface area (Å²) in [5, 5.41) is 11.4. The molecule has 0 fully saturated rings. The van der Waals surface area contributed by atoms with E-state index in [9.17, 15) is 37.1 Å². The van der Waals surface area contributed by atoms with E-state index in [1.165, 1.54) is 20.8 Å². The van der Waals surface area contributed by atoms with Crippen LogP contribution in [-0.4, -0.2) is 41.1 Å². The first kappa shape index (κ1) is 28.6. The van der Waals surface area contributed by atoms with Crippen LogP contribution < -0.4 is 15.0 Å². The van der Waals surface area contributed by atoms with E-state index in [2.05, 4.69) is 10.1 Å². The molecule has 1 aliphatic heterocycles. The number of amides is 2. The van der Waals surface area contributed by atoms with Gasteiger partial charge in [0.2, 0.25) is 5.91 Å². The second-order valence-corrected chi connectivity index (χ2v) is 9.38. The Kier molecular flexibility index (Phi) is 7.57. The fourth-order valence-electron chi connectivity index (χ4n) is 3.71. The van der Waals surface area contributed by atoms with Gasteiger partial charge in [0.15, 0.2) is 0 Å². The van der Waals surface area contributed by atoms with Crippen LogP contribution in [0.25, 0.3) is 0 Å². The van der Waals surface area contributed by atoms with Gasteiger partial charge in [-0.15, -0.1) is 13.2 Å². The van der Waals surface area contributed by atoms with E-state index in [0.29, 0.717) is 17.0 Å². The van der Waals surface area contributed by atoms with Gasteiger partial charge in [-0.3, -0.25) is 4.79 Å². The third-order valence-electron chi connectivity index (χ3n) is 5.21. The summed E-state index contributed by atoms with van der Waals surface area (Å²) >= 11 is 0. The first-order chi connectivity index (χ1) is 17.4. The van der Waals surface area contributed by atoms with Crippen LogP contribution in [0.3, 0.4) is 0 Å². The average molecular weight is 548 g/mol. The molecular formula is C24H22F6N2O6. The predicted molar refractivity (Wildman–Crippen MR) is 119 cm³/mol. The van der Waals surface area contributed by atoms with Gasteiger partial charge >= 0.3 is 18.4 Å². The first-order valence-electron chi connectivity index (χ1n) is 11.0. The third-order valence-corrected chi connectivity index (χ3v) is 5.21. The maximum Gasteiger partial charge on any atom is 0.573 e. The van der Waals surface area contributed by atoms with Crippen molar-refractivity contribution in [3.63, 3.8) is 0 Å². The maximum atomic E-state index is 15.3. The van der Waals surface area contributed by atoms with Crippen LogP contribution in [-0.2, 0) is 22.0 Å². The number of nitrogens with one attached hydrogen (secondary N) is 1. The van der Waals surface area contributed by atoms with Gasteiger partial charge in [0.05, 0.1) is 17.8 Å². The number of nitrogens with zero attached hydrogens (tertiary/aromatic N) is 1. The average Bonchev–Trinajstić information content (AvgIpc) is 2.81. The van der Waals surface area contributed by atoms with E-state index < -0.39 is 83.2 Å². The van der Waals surface area contributed by atoms with Crippen molar-refractivity contribution in [3.8, 4) is 5.75 Å². The van der Waals surface area contributed by atoms with Crippen LogP contribution in [0.5, 0.6) is 5.75 Å². The number of carboxylic acid groups (broad SMARTS) is 1. The molecule has 1 unspecified atom stereocenters. The van der Waals surface area contributed by atoms with Crippen LogP contribution in [0.2, 0.25) is 0 Å². The standard InChI is InChI=1S/C24H22F6N2O6/c1-22(2,3)38-21(36)31-17-10-23(26,27)15-9-16(25)14(20(34)35)8-18(15)32(19(17)33)11-12-4-6-13(7-5-12)37-24(28,29)30/h4-9,17H,10-11H2,1-3H3,(H,31,36)(H,34,35). The fourth-order valence-corrected chi connectivity index (χ4v) is 3.71. The highest BCUT2D eigenvalue weighted by atomic mass is 19.4. The molecule has 0 aromatic heterocycles. The number of alkyl halides is 5. The van der Waals surface area contributed by atoms with Crippen molar-refractivity contribution < 1.29 is 55.3 Å². The zero-order valence-corrected chi connectivity index (χ0v) is 20.2. The molecule has 206 valence electrons. The smallest absolute Gasteiger partial charge is 0.478 e. The van der Waals surface area contributed by atoms with Gasteiger partial charge in [0.25, 0.3) is 5.92 Å². The molecule has 0 saturated heterocycles. The number of carbonyl (C=O) groups excluding carboxylic acids is 2. The van der Waals surface area contributed by atoms with Gasteiger partial charge in [-0.05, 0) is 50.6 Å². The molecule has 14 heteroatoms. The van der Waals surface area contributed by atoms with Crippen molar-refractivity contribution in [2.45, 2.75) is 57.7 Å². The molecule has 3 rings (SSSR count). The molecule has 0 bridgehead atoms. The summed E-state index contributed by atoms with van der Waals surface area (Å²) in [5.41, 5.74) is -3.57. The van der Waals surface area contributed by atoms with Gasteiger partial charge in [-0.25, -0.2) is 22.8 Å². The Balaban J connectivity index is 2.07. The van der Waals surface area contributed by atoms with Crippen molar-refractivity contribution in [1.82, 2.24) is 5.32 Å². The number of rotatable bonds is 5. The van der Waals surface area contributed by atoms with E-state index in [1.54, 1.807) is 0 Å². The summed E-state index contributed by atoms with van der Waals surface area (Å²) in [7, 11) is 0. The molecule has 2 aromatic rings. The highest BCUT2D eigenvalue weighted by molar-refractivity contribution is 6.01. The Hall–Kier alpha value is -3.97. The Morgan fingerprint density at radius 1 is 1.13 bits per heavy atom. The summed E-state index contributed by atoms with van der Waals surface area (Å²) < 4.78 is 91.2. The fraction of sp³-hybridized carbons (Fsp3) is 0.375. The number of benzene rings is 2. The number of halogens is 6. The summed E-state index contributed by atoms with van der Waals surface area (Å²) in [6.07, 6.45) is -7.47. The van der Waals surface area contributed by atoms with Gasteiger partial charge in [-0.1, -0.05) is 12.1 Å². The SMILES string of the molecule is CC(C)(C)OC(=O)NC1CC(F)(F)c2cc(F)c(C(=O)O)cc2N(Cc2ccc(OC(F)(F)F)cc2)C1=O. The molecule has 1 aliphatic rings. The minimum atomic E-state index is -4.97. The van der Waals surface area contributed by atoms with Crippen molar-refractivity contribution in [3.05, 3.63) is 58.9 Å². The predicted octanol–water partition coefficient (Wildman–Crippen LogP) is 5.34. The molecule has 0 radical (unpaired) electrons. The number of alkyl carbamates (subject to hydrolysis) is 1. The Bertz CT molecular complexity index is 1240. The topological polar surface area (TPSA) is 105 Å². The highest BCUT2D eigenvalue weighted by Crippen LogP contribution is 2.44. The lowest BCUT2D eigenvalue weighted by atomic mass is 9.99. The van der Waals surface area contributed by atoms with E-state index in [4.69, 9.17) is 4.74 Å². The first-order valence-corrected chi connectivity index (χ1v) is 11.0. The van der Waals surface area contributed by atoms with Gasteiger partial charge in [0.1, 0.15) is 23.2 Å². The van der Waals surface area contributed by atoms with Crippen LogP contribution in [0, 0.1) is 5.82 Å². The zero-order valence-electron chi connectivity index (χ0n) is 20.2. The molecule has 2 N–H and O–H groups in total. The number of hydrogen-bond acceptors (Lipinski definition) is 5. The molecule has 0 aliphatic carbocycles. The molecule has 2 amide bonds. The van der Waals surface area contributed by atoms with Crippen LogP contribution in [0.4, 0.5) is 36.8 Å². The van der Waals surface area contributed by atoms with Crippen molar-refractivity contribution in [1.29, 1.82) is 0 Å². The van der Waals surface area contributed by atoms with Crippen molar-refractivity contribution >= 4 is 23.7 Å². The lowest BCUT2D eigenvalue weighted by molar-refractivity contribution is -0.274. The minimum absolute atomic E-state index is 0.126. The lowest BCUT2D eigenvalue weighted by Gasteiger charge is -2.27. The lowest BCUT2D eigenvalue weighted by Crippen LogP contribution is -2.49. The van der Waals surface area contributed by atoms with Gasteiger partial charge in [-0.2, -0.15) is 0 Å². The van der Waals surface area contributed by atoms with E-state index in [-0.39, 0.29) is 5.56 Å². The number of fused-ring (bicyclic) bond motifs is 1. The zero-order chi connectivity index (χ0) is 28.6. The number of ether oxygens (including phenoxy) is 2. The number of carbonyl (C=O) groups is 3. The molecule has 0 spiro atoms. The third kappa shape index (κ3) is 6.86. The van der Waals surface area contributed by atoms with Crippen LogP contribution in [0.1, 0.15) is 48.7 Å². The van der Waals surface area contributed by atoms with Crippen LogP contribution >= 0.6 is 0 Å². The Morgan fingerprint density at radius 2 is 1.74 bits per heavy atom. The summed E-state index contributed by atoms with van der Waals surface area (Å²) in [5.74, 6) is -8.89. The summed E-state index contributed by atoms with van der Waals surface area (Å²) in [6.45, 7) is 3.95. The highest BCUT2D eigenvalue weighted by Gasteiger charge is 2.47. The largest absolute Gasteiger partial charge is 0.573 e. The van der Waals surface area contributed by atoms with Gasteiger partial charge < -0.3 is 24.8 Å².